The Bertz CT molecular complexity index is 1820. The molecule has 0 bridgehead atoms. The van der Waals surface area contributed by atoms with Crippen molar-refractivity contribution in [2.45, 2.75) is 39.5 Å². The first-order chi connectivity index (χ1) is 24.2. The predicted octanol–water partition coefficient (Wildman–Crippen LogP) is 4.22. The molecule has 1 N–H and O–H groups in total. The van der Waals surface area contributed by atoms with Crippen LogP contribution in [0.2, 0.25) is 5.02 Å². The minimum atomic E-state index is -0.231. The van der Waals surface area contributed by atoms with E-state index >= 15 is 0 Å². The number of amides is 1. The molecule has 0 radical (unpaired) electrons. The lowest BCUT2D eigenvalue weighted by Crippen LogP contribution is -2.51. The molecule has 2 fully saturated rings. The van der Waals surface area contributed by atoms with Gasteiger partial charge in [0.05, 0.1) is 35.3 Å². The number of carbonyl (C=O) groups excluding carboxylic acids is 1. The molecule has 50 heavy (non-hydrogen) atoms. The molecular weight excluding hydrogens is 656 g/mol. The number of fused-ring (bicyclic) bond motifs is 1. The van der Waals surface area contributed by atoms with Gasteiger partial charge in [-0.25, -0.2) is 4.98 Å². The second kappa shape index (κ2) is 16.3. The number of carbonyl (C=O) groups is 1. The molecule has 2 aliphatic rings. The van der Waals surface area contributed by atoms with Gasteiger partial charge >= 0.3 is 0 Å². The van der Waals surface area contributed by atoms with Crippen LogP contribution in [0, 0.1) is 0 Å². The maximum Gasteiger partial charge on any atom is 0.266 e. The fraction of sp³-hybridized carbons (Fsp3) is 0.447. The van der Waals surface area contributed by atoms with Gasteiger partial charge in [-0.3, -0.25) is 28.9 Å². The monoisotopic (exact) mass is 702 g/mol. The number of aliphatic hydroxyl groups is 1. The van der Waals surface area contributed by atoms with Crippen molar-refractivity contribution in [3.63, 3.8) is 0 Å². The zero-order valence-electron chi connectivity index (χ0n) is 29.1. The van der Waals surface area contributed by atoms with Crippen LogP contribution in [0.5, 0.6) is 11.5 Å². The van der Waals surface area contributed by atoms with E-state index in [1.807, 2.05) is 49.1 Å². The molecule has 2 aliphatic heterocycles. The Kier molecular flexibility index (Phi) is 11.7. The molecule has 1 amide bonds. The van der Waals surface area contributed by atoms with Gasteiger partial charge in [-0.05, 0) is 74.9 Å². The topological polar surface area (TPSA) is 104 Å². The summed E-state index contributed by atoms with van der Waals surface area (Å²) in [6, 6.07) is 20.3. The normalized spacial score (nSPS) is 17.0. The summed E-state index contributed by atoms with van der Waals surface area (Å²) in [5.74, 6) is 1.78. The van der Waals surface area contributed by atoms with E-state index in [0.717, 1.165) is 38.3 Å². The molecule has 0 spiro atoms. The van der Waals surface area contributed by atoms with Gasteiger partial charge in [-0.15, -0.1) is 0 Å². The second-order valence-corrected chi connectivity index (χ2v) is 13.7. The predicted molar refractivity (Wildman–Crippen MR) is 195 cm³/mol. The van der Waals surface area contributed by atoms with Crippen LogP contribution in [0.3, 0.4) is 0 Å². The fourth-order valence-corrected chi connectivity index (χ4v) is 6.84. The van der Waals surface area contributed by atoms with Gasteiger partial charge in [0, 0.05) is 70.5 Å². The van der Waals surface area contributed by atoms with Crippen molar-refractivity contribution >= 4 is 28.4 Å². The van der Waals surface area contributed by atoms with Crippen molar-refractivity contribution in [1.29, 1.82) is 0 Å². The van der Waals surface area contributed by atoms with Crippen molar-refractivity contribution in [3.8, 4) is 17.2 Å². The number of para-hydroxylation sites is 1. The highest BCUT2D eigenvalue weighted by atomic mass is 35.5. The number of halogens is 1. The van der Waals surface area contributed by atoms with Crippen LogP contribution in [0.15, 0.2) is 71.5 Å². The van der Waals surface area contributed by atoms with Gasteiger partial charge in [-0.2, -0.15) is 0 Å². The quantitative estimate of drug-likeness (QED) is 0.233. The van der Waals surface area contributed by atoms with Gasteiger partial charge in [-0.1, -0.05) is 29.8 Å². The van der Waals surface area contributed by atoms with E-state index in [9.17, 15) is 14.7 Å². The largest absolute Gasteiger partial charge is 0.489 e. The molecule has 11 nitrogen and oxygen atoms in total. The van der Waals surface area contributed by atoms with Gasteiger partial charge in [0.25, 0.3) is 11.5 Å². The van der Waals surface area contributed by atoms with Crippen molar-refractivity contribution in [1.82, 2.24) is 29.2 Å². The zero-order chi connectivity index (χ0) is 35.2. The Morgan fingerprint density at radius 1 is 0.900 bits per heavy atom. The minimum absolute atomic E-state index is 0.0454. The summed E-state index contributed by atoms with van der Waals surface area (Å²) in [5.41, 5.74) is 2.26. The Balaban J connectivity index is 1.26. The van der Waals surface area contributed by atoms with E-state index in [1.54, 1.807) is 28.8 Å². The first kappa shape index (κ1) is 35.8. The molecule has 0 aliphatic carbocycles. The van der Waals surface area contributed by atoms with Crippen molar-refractivity contribution in [2.24, 2.45) is 0 Å². The minimum Gasteiger partial charge on any atom is -0.489 e. The van der Waals surface area contributed by atoms with Crippen LogP contribution in [-0.2, 0) is 11.3 Å². The number of benzene rings is 3. The highest BCUT2D eigenvalue weighted by molar-refractivity contribution is 6.30. The van der Waals surface area contributed by atoms with Gasteiger partial charge < -0.3 is 19.5 Å². The molecule has 1 unspecified atom stereocenters. The third-order valence-corrected chi connectivity index (χ3v) is 9.73. The molecular formula is C38H47ClN6O5. The summed E-state index contributed by atoms with van der Waals surface area (Å²) in [6.07, 6.45) is -0.0986. The summed E-state index contributed by atoms with van der Waals surface area (Å²) in [6.45, 7) is 13.5. The Morgan fingerprint density at radius 2 is 1.60 bits per heavy atom. The third-order valence-electron chi connectivity index (χ3n) is 9.48. The lowest BCUT2D eigenvalue weighted by atomic mass is 10.1. The molecule has 6 rings (SSSR count). The summed E-state index contributed by atoms with van der Waals surface area (Å²) in [5, 5.41) is 10.5. The maximum absolute atomic E-state index is 14.5. The number of aromatic nitrogens is 2. The van der Waals surface area contributed by atoms with Crippen LogP contribution in [-0.4, -0.2) is 118 Å². The summed E-state index contributed by atoms with van der Waals surface area (Å²) in [4.78, 5) is 41.4. The number of ether oxygens (including phenoxy) is 2. The average Bonchev–Trinajstić information content (AvgIpc) is 3.12. The van der Waals surface area contributed by atoms with Gasteiger partial charge in [0.1, 0.15) is 17.3 Å². The molecule has 266 valence electrons. The smallest absolute Gasteiger partial charge is 0.266 e. The van der Waals surface area contributed by atoms with E-state index in [1.165, 1.54) is 0 Å². The number of rotatable bonds is 12. The molecule has 3 aromatic carbocycles. The number of aliphatic hydroxyl groups excluding tert-OH is 1. The Morgan fingerprint density at radius 3 is 2.30 bits per heavy atom. The summed E-state index contributed by atoms with van der Waals surface area (Å²) < 4.78 is 13.8. The van der Waals surface area contributed by atoms with Crippen LogP contribution in [0.25, 0.3) is 16.6 Å². The second-order valence-electron chi connectivity index (χ2n) is 13.3. The number of β-amino-alcohol motifs (C(OH)–C–C–N with tert-alkyl or cyclic N) is 1. The average molecular weight is 703 g/mol. The van der Waals surface area contributed by atoms with Gasteiger partial charge in [0.15, 0.2) is 6.61 Å². The molecule has 2 saturated heterocycles. The van der Waals surface area contributed by atoms with Crippen LogP contribution in [0.4, 0.5) is 0 Å². The maximum atomic E-state index is 14.5. The lowest BCUT2D eigenvalue weighted by Gasteiger charge is -2.38. The van der Waals surface area contributed by atoms with E-state index in [2.05, 4.69) is 33.8 Å². The van der Waals surface area contributed by atoms with Crippen LogP contribution < -0.4 is 15.0 Å². The zero-order valence-corrected chi connectivity index (χ0v) is 29.9. The lowest BCUT2D eigenvalue weighted by molar-refractivity contribution is -0.135. The highest BCUT2D eigenvalue weighted by Gasteiger charge is 2.29. The molecule has 12 heteroatoms. The first-order valence-corrected chi connectivity index (χ1v) is 17.9. The highest BCUT2D eigenvalue weighted by Crippen LogP contribution is 2.30. The third kappa shape index (κ3) is 8.47. The van der Waals surface area contributed by atoms with Crippen molar-refractivity contribution in [2.75, 3.05) is 72.1 Å². The SMILES string of the molecule is CC(C)Oc1ccc(CN2CCN(CCO)CC2)cc1-n1c(C(C)N2CCN(C(=O)COc3ccc(Cl)cc3)CC2)nc2ccccc2c1=O. The molecule has 0 saturated carbocycles. The van der Waals surface area contributed by atoms with Gasteiger partial charge in [0.2, 0.25) is 0 Å². The molecule has 4 aromatic rings. The van der Waals surface area contributed by atoms with Crippen LogP contribution >= 0.6 is 11.6 Å². The Labute approximate surface area is 298 Å². The van der Waals surface area contributed by atoms with Crippen LogP contribution in [0.1, 0.15) is 38.2 Å². The summed E-state index contributed by atoms with van der Waals surface area (Å²) in [7, 11) is 0. The Hall–Kier alpha value is -4.00. The van der Waals surface area contributed by atoms with E-state index in [-0.39, 0.29) is 36.8 Å². The van der Waals surface area contributed by atoms with Crippen molar-refractivity contribution < 1.29 is 19.4 Å². The first-order valence-electron chi connectivity index (χ1n) is 17.5. The number of hydrogen-bond acceptors (Lipinski definition) is 9. The number of hydrogen-bond donors (Lipinski definition) is 1. The molecule has 1 atom stereocenters. The fourth-order valence-electron chi connectivity index (χ4n) is 6.71. The number of piperazine rings is 2. The number of nitrogens with zero attached hydrogens (tertiary/aromatic N) is 6. The standard InChI is InChI=1S/C38H47ClN6O5/c1-27(2)50-35-13-8-29(25-42-16-14-41(15-17-42)22-23-46)24-34(35)45-37(40-33-7-5-4-6-32(33)38(45)48)28(3)43-18-20-44(21-19-43)36(47)26-49-31-11-9-30(39)10-12-31/h4-13,24,27-28,46H,14-23,25-26H2,1-3H3. The molecule has 3 heterocycles. The molecule has 1 aromatic heterocycles. The van der Waals surface area contributed by atoms with E-state index in [4.69, 9.17) is 26.1 Å². The summed E-state index contributed by atoms with van der Waals surface area (Å²) >= 11 is 5.97. The van der Waals surface area contributed by atoms with E-state index in [0.29, 0.717) is 71.7 Å². The van der Waals surface area contributed by atoms with Crippen molar-refractivity contribution in [3.05, 3.63) is 93.5 Å². The van der Waals surface area contributed by atoms with E-state index < -0.39 is 0 Å².